The van der Waals surface area contributed by atoms with Gasteiger partial charge in [-0.05, 0) is 43.3 Å². The number of nitrogens with one attached hydrogen (secondary N) is 1. The SMILES string of the molecule is C/C(=N/OCC(=O)Nc1ccc(F)c(Cl)c1)c1ccc2c(c1)OCO2. The minimum absolute atomic E-state index is 0.0737. The average Bonchev–Trinajstić information content (AvgIpc) is 3.05. The summed E-state index contributed by atoms with van der Waals surface area (Å²) < 4.78 is 23.6. The third-order valence-corrected chi connectivity index (χ3v) is 3.68. The summed E-state index contributed by atoms with van der Waals surface area (Å²) in [6, 6.07) is 9.26. The molecule has 0 aliphatic carbocycles. The lowest BCUT2D eigenvalue weighted by atomic mass is 10.1. The van der Waals surface area contributed by atoms with E-state index in [0.717, 1.165) is 5.56 Å². The van der Waals surface area contributed by atoms with E-state index in [0.29, 0.717) is 22.9 Å². The van der Waals surface area contributed by atoms with E-state index in [9.17, 15) is 9.18 Å². The Morgan fingerprint density at radius 2 is 2.08 bits per heavy atom. The van der Waals surface area contributed by atoms with Crippen LogP contribution in [0.25, 0.3) is 0 Å². The number of carbonyl (C=O) groups is 1. The molecule has 1 amide bonds. The molecule has 1 aliphatic heterocycles. The second-order valence-electron chi connectivity index (χ2n) is 5.20. The summed E-state index contributed by atoms with van der Waals surface area (Å²) in [5.41, 5.74) is 1.74. The maximum Gasteiger partial charge on any atom is 0.265 e. The van der Waals surface area contributed by atoms with Crippen molar-refractivity contribution in [2.24, 2.45) is 5.16 Å². The van der Waals surface area contributed by atoms with Gasteiger partial charge in [-0.25, -0.2) is 4.39 Å². The molecule has 8 heteroatoms. The Bertz CT molecular complexity index is 841. The van der Waals surface area contributed by atoms with Gasteiger partial charge in [-0.1, -0.05) is 16.8 Å². The van der Waals surface area contributed by atoms with E-state index < -0.39 is 11.7 Å². The van der Waals surface area contributed by atoms with Crippen LogP contribution in [0.2, 0.25) is 5.02 Å². The van der Waals surface area contributed by atoms with Crippen LogP contribution in [0, 0.1) is 5.82 Å². The van der Waals surface area contributed by atoms with E-state index in [1.54, 1.807) is 19.1 Å². The fourth-order valence-electron chi connectivity index (χ4n) is 2.13. The molecule has 1 aliphatic rings. The molecule has 6 nitrogen and oxygen atoms in total. The quantitative estimate of drug-likeness (QED) is 0.650. The summed E-state index contributed by atoms with van der Waals surface area (Å²) in [5.74, 6) is 0.317. The Balaban J connectivity index is 1.54. The molecule has 1 heterocycles. The largest absolute Gasteiger partial charge is 0.454 e. The number of fused-ring (bicyclic) bond motifs is 1. The van der Waals surface area contributed by atoms with Crippen LogP contribution >= 0.6 is 11.6 Å². The molecule has 2 aromatic carbocycles. The van der Waals surface area contributed by atoms with Crippen molar-refractivity contribution in [1.29, 1.82) is 0 Å². The smallest absolute Gasteiger partial charge is 0.265 e. The standard InChI is InChI=1S/C17H14ClFN2O4/c1-10(11-2-5-15-16(6-11)24-9-23-15)21-25-8-17(22)20-12-3-4-14(19)13(18)7-12/h2-7H,8-9H2,1H3,(H,20,22)/b21-10-. The zero-order chi connectivity index (χ0) is 17.8. The van der Waals surface area contributed by atoms with Crippen LogP contribution in [0.4, 0.5) is 10.1 Å². The lowest BCUT2D eigenvalue weighted by Crippen LogP contribution is -2.17. The molecule has 0 unspecified atom stereocenters. The van der Waals surface area contributed by atoms with Crippen molar-refractivity contribution in [2.75, 3.05) is 18.7 Å². The first-order chi connectivity index (χ1) is 12.0. The molecule has 0 aromatic heterocycles. The third kappa shape index (κ3) is 4.19. The zero-order valence-electron chi connectivity index (χ0n) is 13.2. The van der Waals surface area contributed by atoms with Crippen molar-refractivity contribution in [1.82, 2.24) is 0 Å². The monoisotopic (exact) mass is 364 g/mol. The number of hydrogen-bond acceptors (Lipinski definition) is 5. The van der Waals surface area contributed by atoms with Gasteiger partial charge in [0.25, 0.3) is 5.91 Å². The molecule has 0 spiro atoms. The summed E-state index contributed by atoms with van der Waals surface area (Å²) in [6.07, 6.45) is 0. The number of oxime groups is 1. The number of nitrogens with zero attached hydrogens (tertiary/aromatic N) is 1. The molecule has 1 N–H and O–H groups in total. The minimum atomic E-state index is -0.556. The number of hydrogen-bond donors (Lipinski definition) is 1. The molecule has 3 rings (SSSR count). The molecule has 2 aromatic rings. The van der Waals surface area contributed by atoms with Crippen molar-refractivity contribution >= 4 is 28.9 Å². The molecule has 0 fully saturated rings. The summed E-state index contributed by atoms with van der Waals surface area (Å²) in [6.45, 7) is 1.64. The van der Waals surface area contributed by atoms with E-state index in [1.165, 1.54) is 18.2 Å². The van der Waals surface area contributed by atoms with Gasteiger partial charge in [0.15, 0.2) is 18.1 Å². The van der Waals surface area contributed by atoms with Crippen molar-refractivity contribution in [2.45, 2.75) is 6.92 Å². The normalized spacial score (nSPS) is 12.8. The molecule has 0 saturated heterocycles. The van der Waals surface area contributed by atoms with E-state index in [2.05, 4.69) is 10.5 Å². The van der Waals surface area contributed by atoms with Crippen LogP contribution in [0.3, 0.4) is 0 Å². The lowest BCUT2D eigenvalue weighted by Gasteiger charge is -2.06. The van der Waals surface area contributed by atoms with Crippen molar-refractivity contribution in [3.05, 3.63) is 52.8 Å². The molecule has 0 atom stereocenters. The third-order valence-electron chi connectivity index (χ3n) is 3.39. The van der Waals surface area contributed by atoms with Gasteiger partial charge in [-0.2, -0.15) is 0 Å². The Hall–Kier alpha value is -2.80. The topological polar surface area (TPSA) is 69.2 Å². The Morgan fingerprint density at radius 3 is 2.88 bits per heavy atom. The molecular weight excluding hydrogens is 351 g/mol. The van der Waals surface area contributed by atoms with Crippen LogP contribution in [-0.2, 0) is 9.63 Å². The number of carbonyl (C=O) groups excluding carboxylic acids is 1. The van der Waals surface area contributed by atoms with Crippen molar-refractivity contribution in [3.63, 3.8) is 0 Å². The van der Waals surface area contributed by atoms with Crippen LogP contribution in [0.15, 0.2) is 41.6 Å². The van der Waals surface area contributed by atoms with Gasteiger partial charge in [0.1, 0.15) is 5.82 Å². The predicted molar refractivity (Wildman–Crippen MR) is 90.8 cm³/mol. The van der Waals surface area contributed by atoms with E-state index in [-0.39, 0.29) is 18.4 Å². The van der Waals surface area contributed by atoms with Gasteiger partial charge in [0, 0.05) is 11.3 Å². The number of halogens is 2. The average molecular weight is 365 g/mol. The maximum absolute atomic E-state index is 13.1. The molecular formula is C17H14ClFN2O4. The molecule has 0 bridgehead atoms. The van der Waals surface area contributed by atoms with Gasteiger partial charge < -0.3 is 19.6 Å². The van der Waals surface area contributed by atoms with Gasteiger partial charge in [0.2, 0.25) is 6.79 Å². The van der Waals surface area contributed by atoms with Crippen molar-refractivity contribution in [3.8, 4) is 11.5 Å². The first-order valence-corrected chi connectivity index (χ1v) is 7.72. The fraction of sp³-hybridized carbons (Fsp3) is 0.176. The summed E-state index contributed by atoms with van der Waals surface area (Å²) in [4.78, 5) is 16.9. The van der Waals surface area contributed by atoms with Crippen LogP contribution in [-0.4, -0.2) is 25.0 Å². The highest BCUT2D eigenvalue weighted by molar-refractivity contribution is 6.31. The zero-order valence-corrected chi connectivity index (χ0v) is 14.0. The molecule has 130 valence electrons. The van der Waals surface area contributed by atoms with Crippen LogP contribution in [0.5, 0.6) is 11.5 Å². The molecule has 0 saturated carbocycles. The van der Waals surface area contributed by atoms with Gasteiger partial charge >= 0.3 is 0 Å². The number of amides is 1. The predicted octanol–water partition coefficient (Wildman–Crippen LogP) is 3.59. The fourth-order valence-corrected chi connectivity index (χ4v) is 2.31. The van der Waals surface area contributed by atoms with Gasteiger partial charge in [0.05, 0.1) is 10.7 Å². The maximum atomic E-state index is 13.1. The summed E-state index contributed by atoms with van der Waals surface area (Å²) in [5, 5.41) is 6.37. The number of anilines is 1. The first-order valence-electron chi connectivity index (χ1n) is 7.34. The van der Waals surface area contributed by atoms with E-state index in [1.807, 2.05) is 6.07 Å². The highest BCUT2D eigenvalue weighted by atomic mass is 35.5. The Labute approximate surface area is 148 Å². The highest BCUT2D eigenvalue weighted by Crippen LogP contribution is 2.32. The number of rotatable bonds is 5. The Morgan fingerprint density at radius 1 is 1.28 bits per heavy atom. The Kier molecular flexibility index (Phi) is 5.04. The van der Waals surface area contributed by atoms with E-state index >= 15 is 0 Å². The van der Waals surface area contributed by atoms with Crippen LogP contribution in [0.1, 0.15) is 12.5 Å². The summed E-state index contributed by atoms with van der Waals surface area (Å²) >= 11 is 5.65. The van der Waals surface area contributed by atoms with Crippen molar-refractivity contribution < 1.29 is 23.5 Å². The van der Waals surface area contributed by atoms with E-state index in [4.69, 9.17) is 25.9 Å². The van der Waals surface area contributed by atoms with Crippen LogP contribution < -0.4 is 14.8 Å². The van der Waals surface area contributed by atoms with Gasteiger partial charge in [-0.3, -0.25) is 4.79 Å². The second-order valence-corrected chi connectivity index (χ2v) is 5.60. The highest BCUT2D eigenvalue weighted by Gasteiger charge is 2.14. The minimum Gasteiger partial charge on any atom is -0.454 e. The summed E-state index contributed by atoms with van der Waals surface area (Å²) in [7, 11) is 0. The molecule has 25 heavy (non-hydrogen) atoms. The number of benzene rings is 2. The lowest BCUT2D eigenvalue weighted by molar-refractivity contribution is -0.120. The molecule has 0 radical (unpaired) electrons. The first kappa shape index (κ1) is 17.0. The number of ether oxygens (including phenoxy) is 2. The van der Waals surface area contributed by atoms with Gasteiger partial charge in [-0.15, -0.1) is 0 Å². The second kappa shape index (κ2) is 7.40.